The van der Waals surface area contributed by atoms with Crippen LogP contribution < -0.4 is 10.1 Å². The number of carbonyl (C=O) groups is 2. The monoisotopic (exact) mass is 386 g/mol. The molecule has 1 saturated carbocycles. The topological polar surface area (TPSA) is 88.5 Å². The summed E-state index contributed by atoms with van der Waals surface area (Å²) in [6.45, 7) is 0. The third-order valence-corrected chi connectivity index (χ3v) is 5.01. The fraction of sp³-hybridized carbons (Fsp3) is 0.381. The van der Waals surface area contributed by atoms with Gasteiger partial charge in [0.15, 0.2) is 5.78 Å². The van der Waals surface area contributed by atoms with Gasteiger partial charge in [-0.15, -0.1) is 0 Å². The maximum Gasteiger partial charge on any atom is 0.220 e. The SMILES string of the molecule is COc1ccc(C(NC(=O)CCC(=O)c2ccc(F)cc2)C2CC(O)C2)cn1. The van der Waals surface area contributed by atoms with Gasteiger partial charge in [0, 0.05) is 30.7 Å². The lowest BCUT2D eigenvalue weighted by atomic mass is 9.75. The van der Waals surface area contributed by atoms with Gasteiger partial charge in [-0.05, 0) is 48.6 Å². The van der Waals surface area contributed by atoms with Gasteiger partial charge in [0.1, 0.15) is 5.82 Å². The Bertz CT molecular complexity index is 817. The number of hydrogen-bond donors (Lipinski definition) is 2. The lowest BCUT2D eigenvalue weighted by Crippen LogP contribution is -2.41. The first-order valence-electron chi connectivity index (χ1n) is 9.22. The van der Waals surface area contributed by atoms with E-state index < -0.39 is 5.82 Å². The molecule has 1 aromatic carbocycles. The van der Waals surface area contributed by atoms with Gasteiger partial charge in [-0.25, -0.2) is 9.37 Å². The molecular formula is C21H23FN2O4. The summed E-state index contributed by atoms with van der Waals surface area (Å²) in [7, 11) is 1.53. The molecule has 1 fully saturated rings. The predicted molar refractivity (Wildman–Crippen MR) is 100 cm³/mol. The lowest BCUT2D eigenvalue weighted by molar-refractivity contribution is -0.123. The Labute approximate surface area is 162 Å². The number of hydrogen-bond acceptors (Lipinski definition) is 5. The van der Waals surface area contributed by atoms with Gasteiger partial charge < -0.3 is 15.2 Å². The van der Waals surface area contributed by atoms with Crippen molar-refractivity contribution >= 4 is 11.7 Å². The van der Waals surface area contributed by atoms with E-state index in [1.807, 2.05) is 6.07 Å². The fourth-order valence-corrected chi connectivity index (χ4v) is 3.32. The Morgan fingerprint density at radius 3 is 2.50 bits per heavy atom. The van der Waals surface area contributed by atoms with Crippen LogP contribution in [0.4, 0.5) is 4.39 Å². The number of nitrogens with one attached hydrogen (secondary N) is 1. The van der Waals surface area contributed by atoms with Crippen LogP contribution in [0.3, 0.4) is 0 Å². The normalized spacial score (nSPS) is 19.4. The second-order valence-corrected chi connectivity index (χ2v) is 6.99. The van der Waals surface area contributed by atoms with E-state index in [9.17, 15) is 19.1 Å². The molecule has 0 radical (unpaired) electrons. The van der Waals surface area contributed by atoms with Crippen molar-refractivity contribution in [1.29, 1.82) is 0 Å². The number of ether oxygens (including phenoxy) is 1. The van der Waals surface area contributed by atoms with Crippen LogP contribution in [0.5, 0.6) is 5.88 Å². The molecular weight excluding hydrogens is 363 g/mol. The molecule has 7 heteroatoms. The summed E-state index contributed by atoms with van der Waals surface area (Å²) in [4.78, 5) is 28.8. The highest BCUT2D eigenvalue weighted by Gasteiger charge is 2.35. The minimum Gasteiger partial charge on any atom is -0.481 e. The molecule has 0 aliphatic heterocycles. The summed E-state index contributed by atoms with van der Waals surface area (Å²) in [6, 6.07) is 8.56. The zero-order chi connectivity index (χ0) is 20.1. The largest absolute Gasteiger partial charge is 0.481 e. The molecule has 1 amide bonds. The van der Waals surface area contributed by atoms with Crippen LogP contribution in [-0.4, -0.2) is 35.0 Å². The summed E-state index contributed by atoms with van der Waals surface area (Å²) in [5.41, 5.74) is 1.21. The van der Waals surface area contributed by atoms with Gasteiger partial charge in [0.25, 0.3) is 0 Å². The maximum atomic E-state index is 13.0. The zero-order valence-electron chi connectivity index (χ0n) is 15.6. The van der Waals surface area contributed by atoms with Gasteiger partial charge in [-0.1, -0.05) is 6.07 Å². The average molecular weight is 386 g/mol. The molecule has 6 nitrogen and oxygen atoms in total. The number of Topliss-reactive ketones (excluding diaryl/α,β-unsaturated/α-hetero) is 1. The second kappa shape index (κ2) is 8.93. The van der Waals surface area contributed by atoms with Crippen LogP contribution in [0.25, 0.3) is 0 Å². The van der Waals surface area contributed by atoms with E-state index in [4.69, 9.17) is 4.74 Å². The van der Waals surface area contributed by atoms with Crippen molar-refractivity contribution in [2.75, 3.05) is 7.11 Å². The van der Waals surface area contributed by atoms with Crippen molar-refractivity contribution in [3.05, 3.63) is 59.5 Å². The molecule has 0 spiro atoms. The number of aliphatic hydroxyl groups excluding tert-OH is 1. The minimum atomic E-state index is -0.409. The van der Waals surface area contributed by atoms with Crippen molar-refractivity contribution in [1.82, 2.24) is 10.3 Å². The number of carbonyl (C=O) groups excluding carboxylic acids is 2. The van der Waals surface area contributed by atoms with Crippen LogP contribution in [0.1, 0.15) is 47.6 Å². The smallest absolute Gasteiger partial charge is 0.220 e. The number of ketones is 1. The highest BCUT2D eigenvalue weighted by molar-refractivity contribution is 5.97. The average Bonchev–Trinajstić information content (AvgIpc) is 2.69. The van der Waals surface area contributed by atoms with E-state index in [-0.39, 0.29) is 42.6 Å². The molecule has 1 aromatic heterocycles. The Balaban J connectivity index is 1.60. The quantitative estimate of drug-likeness (QED) is 0.681. The molecule has 2 aromatic rings. The number of aromatic nitrogens is 1. The first kappa shape index (κ1) is 19.9. The Morgan fingerprint density at radius 1 is 1.21 bits per heavy atom. The molecule has 1 atom stereocenters. The Kier molecular flexibility index (Phi) is 6.36. The first-order valence-corrected chi connectivity index (χ1v) is 9.22. The van der Waals surface area contributed by atoms with Crippen molar-refractivity contribution in [2.24, 2.45) is 5.92 Å². The van der Waals surface area contributed by atoms with E-state index in [1.165, 1.54) is 31.4 Å². The maximum absolute atomic E-state index is 13.0. The first-order chi connectivity index (χ1) is 13.5. The van der Waals surface area contributed by atoms with Crippen molar-refractivity contribution < 1.29 is 23.8 Å². The van der Waals surface area contributed by atoms with Crippen molar-refractivity contribution in [2.45, 2.75) is 37.8 Å². The highest BCUT2D eigenvalue weighted by atomic mass is 19.1. The van der Waals surface area contributed by atoms with E-state index in [0.717, 1.165) is 5.56 Å². The van der Waals surface area contributed by atoms with E-state index in [2.05, 4.69) is 10.3 Å². The van der Waals surface area contributed by atoms with Gasteiger partial charge >= 0.3 is 0 Å². The summed E-state index contributed by atoms with van der Waals surface area (Å²) in [6.07, 6.45) is 2.58. The van der Waals surface area contributed by atoms with Crippen LogP contribution in [-0.2, 0) is 4.79 Å². The molecule has 2 N–H and O–H groups in total. The standard InChI is InChI=1S/C21H23FN2O4/c1-28-20-9-4-14(12-23-20)21(15-10-17(25)11-15)24-19(27)8-7-18(26)13-2-5-16(22)6-3-13/h2-6,9,12,15,17,21,25H,7-8,10-11H2,1H3,(H,24,27). The Morgan fingerprint density at radius 2 is 1.93 bits per heavy atom. The summed E-state index contributed by atoms with van der Waals surface area (Å²) in [5, 5.41) is 12.6. The number of nitrogens with zero attached hydrogens (tertiary/aromatic N) is 1. The van der Waals surface area contributed by atoms with Gasteiger partial charge in [0.2, 0.25) is 11.8 Å². The van der Waals surface area contributed by atoms with Crippen molar-refractivity contribution in [3.63, 3.8) is 0 Å². The number of rotatable bonds is 8. The van der Waals surface area contributed by atoms with Crippen LogP contribution in [0, 0.1) is 11.7 Å². The van der Waals surface area contributed by atoms with Crippen molar-refractivity contribution in [3.8, 4) is 5.88 Å². The molecule has 0 saturated heterocycles. The van der Waals surface area contributed by atoms with Crippen LogP contribution in [0.2, 0.25) is 0 Å². The number of halogens is 1. The second-order valence-electron chi connectivity index (χ2n) is 6.99. The number of amides is 1. The molecule has 28 heavy (non-hydrogen) atoms. The Hall–Kier alpha value is -2.80. The minimum absolute atomic E-state index is 0.0333. The van der Waals surface area contributed by atoms with E-state index in [0.29, 0.717) is 24.3 Å². The number of aliphatic hydroxyl groups is 1. The van der Waals surface area contributed by atoms with Gasteiger partial charge in [0.05, 0.1) is 19.3 Å². The zero-order valence-corrected chi connectivity index (χ0v) is 15.6. The van der Waals surface area contributed by atoms with Gasteiger partial charge in [-0.3, -0.25) is 9.59 Å². The van der Waals surface area contributed by atoms with Gasteiger partial charge in [-0.2, -0.15) is 0 Å². The van der Waals surface area contributed by atoms with E-state index in [1.54, 1.807) is 12.3 Å². The molecule has 148 valence electrons. The van der Waals surface area contributed by atoms with E-state index >= 15 is 0 Å². The predicted octanol–water partition coefficient (Wildman–Crippen LogP) is 2.82. The molecule has 1 aliphatic carbocycles. The third kappa shape index (κ3) is 4.92. The molecule has 0 bridgehead atoms. The lowest BCUT2D eigenvalue weighted by Gasteiger charge is -2.38. The highest BCUT2D eigenvalue weighted by Crippen LogP contribution is 2.38. The molecule has 1 unspecified atom stereocenters. The number of methoxy groups -OCH3 is 1. The van der Waals surface area contributed by atoms with Crippen LogP contribution >= 0.6 is 0 Å². The molecule has 3 rings (SSSR count). The fourth-order valence-electron chi connectivity index (χ4n) is 3.32. The summed E-state index contributed by atoms with van der Waals surface area (Å²) >= 11 is 0. The molecule has 1 heterocycles. The van der Waals surface area contributed by atoms with Crippen LogP contribution in [0.15, 0.2) is 42.6 Å². The third-order valence-electron chi connectivity index (χ3n) is 5.01. The number of benzene rings is 1. The summed E-state index contributed by atoms with van der Waals surface area (Å²) < 4.78 is 18.0. The number of pyridine rings is 1. The molecule has 1 aliphatic rings. The summed E-state index contributed by atoms with van der Waals surface area (Å²) in [5.74, 6) is -0.281.